The third-order valence-electron chi connectivity index (χ3n) is 4.24. The standard InChI is InChI=1S/C20H34N4O2.HI/c1-5-21-20(22-12-17-7-6-8-18(11-17)25-4)23-13-19-15-24(9-10-26-19)14-16(2)3;/h6-8,11,16,19H,5,9-10,12-15H2,1-4H3,(H2,21,22,23);1H. The van der Waals surface area contributed by atoms with Crippen LogP contribution >= 0.6 is 24.0 Å². The van der Waals surface area contributed by atoms with Crippen LogP contribution in [0.3, 0.4) is 0 Å². The van der Waals surface area contributed by atoms with Gasteiger partial charge in [0, 0.05) is 32.7 Å². The van der Waals surface area contributed by atoms with Gasteiger partial charge in [-0.2, -0.15) is 0 Å². The number of morpholine rings is 1. The molecule has 0 aliphatic carbocycles. The van der Waals surface area contributed by atoms with Crippen LogP contribution in [-0.2, 0) is 11.3 Å². The van der Waals surface area contributed by atoms with Crippen LogP contribution in [0, 0.1) is 5.92 Å². The van der Waals surface area contributed by atoms with Crippen LogP contribution in [-0.4, -0.2) is 63.4 Å². The summed E-state index contributed by atoms with van der Waals surface area (Å²) in [5.41, 5.74) is 1.12. The summed E-state index contributed by atoms with van der Waals surface area (Å²) in [7, 11) is 1.68. The monoisotopic (exact) mass is 490 g/mol. The van der Waals surface area contributed by atoms with E-state index in [-0.39, 0.29) is 30.1 Å². The van der Waals surface area contributed by atoms with E-state index in [1.54, 1.807) is 7.11 Å². The van der Waals surface area contributed by atoms with Crippen molar-refractivity contribution in [2.45, 2.75) is 33.4 Å². The Morgan fingerprint density at radius 2 is 2.19 bits per heavy atom. The van der Waals surface area contributed by atoms with E-state index in [4.69, 9.17) is 9.47 Å². The number of nitrogens with one attached hydrogen (secondary N) is 2. The fourth-order valence-electron chi connectivity index (χ4n) is 3.08. The lowest BCUT2D eigenvalue weighted by atomic mass is 10.2. The second-order valence-corrected chi connectivity index (χ2v) is 7.07. The third-order valence-corrected chi connectivity index (χ3v) is 4.24. The Morgan fingerprint density at radius 3 is 2.89 bits per heavy atom. The molecule has 0 radical (unpaired) electrons. The maximum absolute atomic E-state index is 5.91. The fourth-order valence-corrected chi connectivity index (χ4v) is 3.08. The van der Waals surface area contributed by atoms with Gasteiger partial charge >= 0.3 is 0 Å². The first kappa shape index (κ1) is 24.0. The molecule has 1 unspecified atom stereocenters. The second kappa shape index (κ2) is 13.2. The molecule has 0 bridgehead atoms. The van der Waals surface area contributed by atoms with Crippen LogP contribution in [0.1, 0.15) is 26.3 Å². The summed E-state index contributed by atoms with van der Waals surface area (Å²) in [5.74, 6) is 2.36. The van der Waals surface area contributed by atoms with Crippen LogP contribution in [0.25, 0.3) is 0 Å². The predicted octanol–water partition coefficient (Wildman–Crippen LogP) is 2.73. The highest BCUT2D eigenvalue weighted by molar-refractivity contribution is 14.0. The molecule has 27 heavy (non-hydrogen) atoms. The van der Waals surface area contributed by atoms with E-state index in [0.717, 1.165) is 56.6 Å². The molecule has 154 valence electrons. The summed E-state index contributed by atoms with van der Waals surface area (Å²) < 4.78 is 11.2. The van der Waals surface area contributed by atoms with E-state index in [2.05, 4.69) is 47.4 Å². The van der Waals surface area contributed by atoms with Crippen molar-refractivity contribution in [3.63, 3.8) is 0 Å². The molecular weight excluding hydrogens is 455 g/mol. The molecule has 1 aromatic carbocycles. The van der Waals surface area contributed by atoms with Crippen LogP contribution in [0.15, 0.2) is 29.3 Å². The van der Waals surface area contributed by atoms with E-state index in [1.165, 1.54) is 0 Å². The highest BCUT2D eigenvalue weighted by atomic mass is 127. The van der Waals surface area contributed by atoms with E-state index in [9.17, 15) is 0 Å². The van der Waals surface area contributed by atoms with Crippen molar-refractivity contribution in [1.29, 1.82) is 0 Å². The van der Waals surface area contributed by atoms with Crippen molar-refractivity contribution < 1.29 is 9.47 Å². The number of guanidine groups is 1. The SMILES string of the molecule is CCNC(=NCc1cccc(OC)c1)NCC1CN(CC(C)C)CCO1.I. The number of ether oxygens (including phenoxy) is 2. The number of hydrogen-bond donors (Lipinski definition) is 2. The molecule has 1 aromatic rings. The van der Waals surface area contributed by atoms with E-state index in [1.807, 2.05) is 18.2 Å². The van der Waals surface area contributed by atoms with Gasteiger partial charge in [-0.3, -0.25) is 4.90 Å². The molecule has 1 atom stereocenters. The van der Waals surface area contributed by atoms with Crippen LogP contribution in [0.4, 0.5) is 0 Å². The smallest absolute Gasteiger partial charge is 0.191 e. The number of halogens is 1. The first-order valence-corrected chi connectivity index (χ1v) is 9.59. The average Bonchev–Trinajstić information content (AvgIpc) is 2.64. The largest absolute Gasteiger partial charge is 0.497 e. The third kappa shape index (κ3) is 9.12. The summed E-state index contributed by atoms with van der Waals surface area (Å²) in [4.78, 5) is 7.17. The Bertz CT molecular complexity index is 569. The van der Waals surface area contributed by atoms with Gasteiger partial charge in [0.2, 0.25) is 0 Å². The molecule has 2 N–H and O–H groups in total. The summed E-state index contributed by atoms with van der Waals surface area (Å²) >= 11 is 0. The average molecular weight is 490 g/mol. The number of methoxy groups -OCH3 is 1. The molecule has 0 spiro atoms. The Hall–Kier alpha value is -1.06. The maximum atomic E-state index is 5.91. The minimum atomic E-state index is 0. The molecule has 2 rings (SSSR count). The summed E-state index contributed by atoms with van der Waals surface area (Å²) in [5, 5.41) is 6.72. The van der Waals surface area contributed by atoms with Gasteiger partial charge in [0.1, 0.15) is 5.75 Å². The first-order valence-electron chi connectivity index (χ1n) is 9.59. The molecule has 1 aliphatic heterocycles. The predicted molar refractivity (Wildman–Crippen MR) is 122 cm³/mol. The summed E-state index contributed by atoms with van der Waals surface area (Å²) in [6.45, 7) is 12.7. The Kier molecular flexibility index (Phi) is 11.7. The zero-order valence-corrected chi connectivity index (χ0v) is 19.4. The molecule has 1 fully saturated rings. The number of nitrogens with zero attached hydrogens (tertiary/aromatic N) is 2. The highest BCUT2D eigenvalue weighted by Crippen LogP contribution is 2.13. The van der Waals surface area contributed by atoms with Crippen molar-refractivity contribution in [2.75, 3.05) is 46.4 Å². The number of hydrogen-bond acceptors (Lipinski definition) is 4. The lowest BCUT2D eigenvalue weighted by Crippen LogP contribution is -2.50. The maximum Gasteiger partial charge on any atom is 0.191 e. The topological polar surface area (TPSA) is 58.1 Å². The molecule has 6 nitrogen and oxygen atoms in total. The fraction of sp³-hybridized carbons (Fsp3) is 0.650. The van der Waals surface area contributed by atoms with Gasteiger partial charge in [0.15, 0.2) is 5.96 Å². The van der Waals surface area contributed by atoms with E-state index < -0.39 is 0 Å². The van der Waals surface area contributed by atoms with Crippen molar-refractivity contribution >= 4 is 29.9 Å². The Labute approximate surface area is 181 Å². The molecule has 0 aromatic heterocycles. The van der Waals surface area contributed by atoms with Gasteiger partial charge in [-0.25, -0.2) is 4.99 Å². The normalized spacial score (nSPS) is 18.1. The van der Waals surface area contributed by atoms with Crippen molar-refractivity contribution in [1.82, 2.24) is 15.5 Å². The zero-order chi connectivity index (χ0) is 18.8. The minimum absolute atomic E-state index is 0. The lowest BCUT2D eigenvalue weighted by molar-refractivity contribution is -0.0284. The molecule has 0 saturated carbocycles. The second-order valence-electron chi connectivity index (χ2n) is 7.07. The summed E-state index contributed by atoms with van der Waals surface area (Å²) in [6.07, 6.45) is 0.197. The summed E-state index contributed by atoms with van der Waals surface area (Å²) in [6, 6.07) is 8.01. The van der Waals surface area contributed by atoms with Gasteiger partial charge in [0.05, 0.1) is 26.4 Å². The van der Waals surface area contributed by atoms with Crippen molar-refractivity contribution in [2.24, 2.45) is 10.9 Å². The number of aliphatic imine (C=N–C) groups is 1. The van der Waals surface area contributed by atoms with Crippen LogP contribution < -0.4 is 15.4 Å². The Balaban J connectivity index is 0.00000364. The van der Waals surface area contributed by atoms with Gasteiger partial charge in [-0.05, 0) is 30.5 Å². The molecule has 0 amide bonds. The van der Waals surface area contributed by atoms with Crippen LogP contribution in [0.5, 0.6) is 5.75 Å². The van der Waals surface area contributed by atoms with E-state index >= 15 is 0 Å². The number of rotatable bonds is 8. The Morgan fingerprint density at radius 1 is 1.37 bits per heavy atom. The van der Waals surface area contributed by atoms with Gasteiger partial charge < -0.3 is 20.1 Å². The molecule has 1 saturated heterocycles. The lowest BCUT2D eigenvalue weighted by Gasteiger charge is -2.34. The zero-order valence-electron chi connectivity index (χ0n) is 17.0. The van der Waals surface area contributed by atoms with E-state index in [0.29, 0.717) is 12.5 Å². The first-order chi connectivity index (χ1) is 12.6. The van der Waals surface area contributed by atoms with Gasteiger partial charge in [-0.15, -0.1) is 24.0 Å². The van der Waals surface area contributed by atoms with Crippen molar-refractivity contribution in [3.8, 4) is 5.75 Å². The van der Waals surface area contributed by atoms with Crippen molar-refractivity contribution in [3.05, 3.63) is 29.8 Å². The molecule has 1 aliphatic rings. The molecule has 1 heterocycles. The van der Waals surface area contributed by atoms with Gasteiger partial charge in [0.25, 0.3) is 0 Å². The number of benzene rings is 1. The highest BCUT2D eigenvalue weighted by Gasteiger charge is 2.21. The van der Waals surface area contributed by atoms with Crippen LogP contribution in [0.2, 0.25) is 0 Å². The quantitative estimate of drug-likeness (QED) is 0.334. The minimum Gasteiger partial charge on any atom is -0.497 e. The van der Waals surface area contributed by atoms with Gasteiger partial charge in [-0.1, -0.05) is 26.0 Å². The molecule has 7 heteroatoms. The molecular formula is C20H35IN4O2.